The number of aromatic amines is 1. The predicted molar refractivity (Wildman–Crippen MR) is 107 cm³/mol. The molecule has 4 heteroatoms. The second kappa shape index (κ2) is 7.70. The maximum absolute atomic E-state index is 12.5. The molecule has 0 atom stereocenters. The van der Waals surface area contributed by atoms with E-state index in [1.807, 2.05) is 54.7 Å². The van der Waals surface area contributed by atoms with Crippen LogP contribution in [0.5, 0.6) is 0 Å². The molecule has 136 valence electrons. The van der Waals surface area contributed by atoms with Crippen molar-refractivity contribution in [1.82, 2.24) is 4.98 Å². The van der Waals surface area contributed by atoms with Gasteiger partial charge in [-0.15, -0.1) is 0 Å². The first-order valence-electron chi connectivity index (χ1n) is 9.37. The lowest BCUT2D eigenvalue weighted by Gasteiger charge is -2.24. The molecular weight excluding hydrogens is 336 g/mol. The largest absolute Gasteiger partial charge is 0.361 e. The summed E-state index contributed by atoms with van der Waals surface area (Å²) >= 11 is 0. The lowest BCUT2D eigenvalue weighted by Crippen LogP contribution is -2.33. The maximum Gasteiger partial charge on any atom is 0.149 e. The van der Waals surface area contributed by atoms with Crippen molar-refractivity contribution in [2.24, 2.45) is 10.9 Å². The quantitative estimate of drug-likeness (QED) is 0.551. The predicted octanol–water partition coefficient (Wildman–Crippen LogP) is 4.11. The van der Waals surface area contributed by atoms with Gasteiger partial charge in [-0.05, 0) is 29.5 Å². The number of carbonyl (C=O) groups excluding carboxylic acids is 2. The van der Waals surface area contributed by atoms with Crippen LogP contribution in [-0.2, 0) is 16.0 Å². The number of hydrogen-bond acceptors (Lipinski definition) is 3. The summed E-state index contributed by atoms with van der Waals surface area (Å²) < 4.78 is 0. The molecular formula is C23H22N2O2. The molecule has 27 heavy (non-hydrogen) atoms. The van der Waals surface area contributed by atoms with Gasteiger partial charge < -0.3 is 4.98 Å². The van der Waals surface area contributed by atoms with Crippen LogP contribution in [0.15, 0.2) is 65.8 Å². The molecule has 4 rings (SSSR count). The van der Waals surface area contributed by atoms with E-state index in [0.717, 1.165) is 17.5 Å². The van der Waals surface area contributed by atoms with Crippen molar-refractivity contribution < 1.29 is 9.59 Å². The van der Waals surface area contributed by atoms with Crippen molar-refractivity contribution >= 4 is 28.7 Å². The topological polar surface area (TPSA) is 62.3 Å². The molecule has 1 saturated carbocycles. The number of benzene rings is 2. The molecule has 0 saturated heterocycles. The third kappa shape index (κ3) is 3.75. The summed E-state index contributed by atoms with van der Waals surface area (Å²) in [4.78, 5) is 32.6. The Kier molecular flexibility index (Phi) is 4.97. The Bertz CT molecular complexity index is 970. The van der Waals surface area contributed by atoms with Crippen molar-refractivity contribution in [2.45, 2.75) is 25.2 Å². The van der Waals surface area contributed by atoms with Gasteiger partial charge in [0.05, 0.1) is 0 Å². The number of Topliss-reactive ketones (excluding diaryl/α,β-unsaturated/α-hetero) is 2. The third-order valence-electron chi connectivity index (χ3n) is 5.30. The van der Waals surface area contributed by atoms with Gasteiger partial charge in [-0.25, -0.2) is 0 Å². The monoisotopic (exact) mass is 358 g/mol. The highest BCUT2D eigenvalue weighted by atomic mass is 16.2. The highest BCUT2D eigenvalue weighted by molar-refractivity contribution is 6.16. The molecule has 1 aromatic heterocycles. The maximum atomic E-state index is 12.5. The number of ketones is 2. The second-order valence-electron chi connectivity index (χ2n) is 7.09. The van der Waals surface area contributed by atoms with Gasteiger partial charge in [0.25, 0.3) is 0 Å². The van der Waals surface area contributed by atoms with E-state index < -0.39 is 5.92 Å². The van der Waals surface area contributed by atoms with Crippen LogP contribution in [0.25, 0.3) is 10.9 Å². The summed E-state index contributed by atoms with van der Waals surface area (Å²) in [6.45, 7) is 0.570. The van der Waals surface area contributed by atoms with E-state index in [4.69, 9.17) is 0 Å². The second-order valence-corrected chi connectivity index (χ2v) is 7.09. The van der Waals surface area contributed by atoms with E-state index in [-0.39, 0.29) is 17.5 Å². The summed E-state index contributed by atoms with van der Waals surface area (Å²) in [6.07, 6.45) is 5.17. The third-order valence-corrected chi connectivity index (χ3v) is 5.30. The number of nitrogens with one attached hydrogen (secondary N) is 1. The number of hydrogen-bond donors (Lipinski definition) is 1. The number of fused-ring (bicyclic) bond motifs is 1. The molecule has 0 amide bonds. The van der Waals surface area contributed by atoms with Gasteiger partial charge in [-0.1, -0.05) is 48.5 Å². The molecule has 0 bridgehead atoms. The number of rotatable bonds is 5. The fourth-order valence-corrected chi connectivity index (χ4v) is 3.82. The Morgan fingerprint density at radius 2 is 1.67 bits per heavy atom. The van der Waals surface area contributed by atoms with Gasteiger partial charge in [-0.3, -0.25) is 14.6 Å². The van der Waals surface area contributed by atoms with E-state index in [1.165, 1.54) is 10.9 Å². The molecule has 3 aromatic rings. The Balaban J connectivity index is 1.37. The van der Waals surface area contributed by atoms with Crippen molar-refractivity contribution in [3.63, 3.8) is 0 Å². The van der Waals surface area contributed by atoms with Crippen molar-refractivity contribution in [3.05, 3.63) is 71.9 Å². The molecule has 0 spiro atoms. The standard InChI is InChI=1S/C23H22N2O2/c26-22-12-18(16-6-2-1-3-7-16)13-23(27)20(22)15-24-11-10-17-14-25-21-9-5-4-8-19(17)21/h1-9,14-15,18,20,25H,10-13H2. The number of aromatic nitrogens is 1. The van der Waals surface area contributed by atoms with E-state index in [2.05, 4.69) is 16.0 Å². The summed E-state index contributed by atoms with van der Waals surface area (Å²) in [5.41, 5.74) is 3.38. The van der Waals surface area contributed by atoms with Crippen LogP contribution >= 0.6 is 0 Å². The Morgan fingerprint density at radius 1 is 0.963 bits per heavy atom. The van der Waals surface area contributed by atoms with Crippen LogP contribution in [-0.4, -0.2) is 29.3 Å². The zero-order valence-electron chi connectivity index (χ0n) is 15.1. The van der Waals surface area contributed by atoms with Crippen molar-refractivity contribution in [1.29, 1.82) is 0 Å². The first kappa shape index (κ1) is 17.4. The van der Waals surface area contributed by atoms with E-state index >= 15 is 0 Å². The molecule has 1 N–H and O–H groups in total. The molecule has 1 heterocycles. The Labute approximate surface area is 158 Å². The fourth-order valence-electron chi connectivity index (χ4n) is 3.82. The first-order chi connectivity index (χ1) is 13.2. The summed E-state index contributed by atoms with van der Waals surface area (Å²) in [7, 11) is 0. The molecule has 0 unspecified atom stereocenters. The summed E-state index contributed by atoms with van der Waals surface area (Å²) in [6, 6.07) is 18.0. The SMILES string of the molecule is O=C1CC(c2ccccc2)CC(=O)C1C=NCCc1c[nH]c2ccccc12. The van der Waals surface area contributed by atoms with Crippen LogP contribution in [0.4, 0.5) is 0 Å². The number of aliphatic imine (C=N–C) groups is 1. The number of H-pyrrole nitrogens is 1. The summed E-state index contributed by atoms with van der Waals surface area (Å²) in [5, 5.41) is 1.20. The molecule has 0 radical (unpaired) electrons. The average molecular weight is 358 g/mol. The van der Waals surface area contributed by atoms with Gasteiger partial charge >= 0.3 is 0 Å². The molecule has 2 aromatic carbocycles. The molecule has 1 aliphatic rings. The van der Waals surface area contributed by atoms with Gasteiger partial charge in [0.2, 0.25) is 0 Å². The van der Waals surface area contributed by atoms with Gasteiger partial charge in [0.1, 0.15) is 17.5 Å². The van der Waals surface area contributed by atoms with E-state index in [1.54, 1.807) is 6.21 Å². The van der Waals surface area contributed by atoms with Crippen LogP contribution < -0.4 is 0 Å². The minimum absolute atomic E-state index is 0.00192. The van der Waals surface area contributed by atoms with Crippen LogP contribution in [0.2, 0.25) is 0 Å². The number of nitrogens with zero attached hydrogens (tertiary/aromatic N) is 1. The minimum atomic E-state index is -0.673. The highest BCUT2D eigenvalue weighted by Crippen LogP contribution is 2.31. The van der Waals surface area contributed by atoms with Crippen molar-refractivity contribution in [3.8, 4) is 0 Å². The lowest BCUT2D eigenvalue weighted by molar-refractivity contribution is -0.133. The average Bonchev–Trinajstić information content (AvgIpc) is 3.10. The number of para-hydroxylation sites is 1. The molecule has 1 aliphatic carbocycles. The number of carbonyl (C=O) groups is 2. The fraction of sp³-hybridized carbons (Fsp3) is 0.261. The lowest BCUT2D eigenvalue weighted by atomic mass is 9.77. The van der Waals surface area contributed by atoms with Crippen LogP contribution in [0.1, 0.15) is 29.9 Å². The molecule has 0 aliphatic heterocycles. The van der Waals surface area contributed by atoms with Gasteiger partial charge in [0, 0.05) is 42.7 Å². The van der Waals surface area contributed by atoms with Crippen LogP contribution in [0.3, 0.4) is 0 Å². The molecule has 1 fully saturated rings. The van der Waals surface area contributed by atoms with Crippen molar-refractivity contribution in [2.75, 3.05) is 6.54 Å². The molecule has 4 nitrogen and oxygen atoms in total. The normalized spacial score (nSPS) is 20.6. The van der Waals surface area contributed by atoms with E-state index in [0.29, 0.717) is 19.4 Å². The first-order valence-corrected chi connectivity index (χ1v) is 9.37. The Hall–Kier alpha value is -3.01. The zero-order chi connectivity index (χ0) is 18.6. The van der Waals surface area contributed by atoms with Gasteiger partial charge in [0.15, 0.2) is 0 Å². The highest BCUT2D eigenvalue weighted by Gasteiger charge is 2.34. The van der Waals surface area contributed by atoms with Gasteiger partial charge in [-0.2, -0.15) is 0 Å². The summed E-state index contributed by atoms with van der Waals surface area (Å²) in [5.74, 6) is -0.707. The van der Waals surface area contributed by atoms with Crippen LogP contribution in [0, 0.1) is 5.92 Å². The minimum Gasteiger partial charge on any atom is -0.361 e. The Morgan fingerprint density at radius 3 is 2.44 bits per heavy atom. The zero-order valence-corrected chi connectivity index (χ0v) is 15.1. The van der Waals surface area contributed by atoms with E-state index in [9.17, 15) is 9.59 Å². The smallest absolute Gasteiger partial charge is 0.149 e.